The summed E-state index contributed by atoms with van der Waals surface area (Å²) in [6.45, 7) is 10.3. The third-order valence-electron chi connectivity index (χ3n) is 8.02. The largest absolute Gasteiger partial charge is 0.507 e. The van der Waals surface area contributed by atoms with Crippen molar-refractivity contribution in [2.45, 2.75) is 59.1 Å². The van der Waals surface area contributed by atoms with Gasteiger partial charge in [0.25, 0.3) is 5.91 Å². The van der Waals surface area contributed by atoms with E-state index in [0.717, 1.165) is 22.4 Å². The average molecular weight is 524 g/mol. The van der Waals surface area contributed by atoms with Gasteiger partial charge in [-0.3, -0.25) is 14.4 Å². The van der Waals surface area contributed by atoms with E-state index in [1.54, 1.807) is 24.0 Å². The number of hydrogen-bond donors (Lipinski definition) is 3. The van der Waals surface area contributed by atoms with Gasteiger partial charge in [0.2, 0.25) is 5.91 Å². The summed E-state index contributed by atoms with van der Waals surface area (Å²) in [5.74, 6) is 0.0704. The maximum Gasteiger partial charge on any atom is 0.264 e. The van der Waals surface area contributed by atoms with Crippen molar-refractivity contribution in [3.05, 3.63) is 52.1 Å². The van der Waals surface area contributed by atoms with Crippen LogP contribution in [0.1, 0.15) is 52.9 Å². The molecule has 2 aliphatic heterocycles. The molecule has 0 aliphatic carbocycles. The fourth-order valence-electron chi connectivity index (χ4n) is 5.22. The van der Waals surface area contributed by atoms with E-state index < -0.39 is 24.2 Å². The van der Waals surface area contributed by atoms with Gasteiger partial charge >= 0.3 is 0 Å². The van der Waals surface area contributed by atoms with Gasteiger partial charge in [-0.25, -0.2) is 0 Å². The number of phenols is 1. The molecule has 204 valence electrons. The molecule has 0 radical (unpaired) electrons. The number of ketones is 1. The number of nitrogens with one attached hydrogen (secondary N) is 1. The standard InChI is InChI=1S/C29H37N3O6/c1-17-18(2)26-23(19(3)25(17)35)10-11-29(5,38-26)28(37)30-24(16-33)27(36)32-14-12-31(13-15-32)22-8-6-21(7-9-22)20(4)34/h6-9,24,33,35H,10-16H2,1-5H3,(H,30,37). The lowest BCUT2D eigenvalue weighted by Gasteiger charge is -2.39. The van der Waals surface area contributed by atoms with Crippen LogP contribution in [-0.4, -0.2) is 77.1 Å². The zero-order valence-corrected chi connectivity index (χ0v) is 22.8. The molecule has 1 fully saturated rings. The number of aliphatic hydroxyl groups is 1. The van der Waals surface area contributed by atoms with Crippen LogP contribution in [0.25, 0.3) is 0 Å². The van der Waals surface area contributed by atoms with Crippen molar-refractivity contribution in [3.8, 4) is 11.5 Å². The number of nitrogens with zero attached hydrogens (tertiary/aromatic N) is 2. The Kier molecular flexibility index (Phi) is 7.69. The lowest BCUT2D eigenvalue weighted by Crippen LogP contribution is -2.60. The summed E-state index contributed by atoms with van der Waals surface area (Å²) in [5.41, 5.74) is 3.55. The van der Waals surface area contributed by atoms with Crippen molar-refractivity contribution < 1.29 is 29.3 Å². The van der Waals surface area contributed by atoms with E-state index in [1.807, 2.05) is 32.9 Å². The highest BCUT2D eigenvalue weighted by Gasteiger charge is 2.42. The molecule has 0 bridgehead atoms. The molecule has 2 aliphatic rings. The Hall–Kier alpha value is -3.59. The van der Waals surface area contributed by atoms with Crippen molar-refractivity contribution in [2.75, 3.05) is 37.7 Å². The molecule has 38 heavy (non-hydrogen) atoms. The number of hydrogen-bond acceptors (Lipinski definition) is 7. The van der Waals surface area contributed by atoms with Crippen LogP contribution in [-0.2, 0) is 16.0 Å². The fourth-order valence-corrected chi connectivity index (χ4v) is 5.22. The number of rotatable bonds is 6. The summed E-state index contributed by atoms with van der Waals surface area (Å²) in [6.07, 6.45) is 0.926. The highest BCUT2D eigenvalue weighted by atomic mass is 16.5. The van der Waals surface area contributed by atoms with Crippen LogP contribution < -0.4 is 15.0 Å². The molecule has 2 aromatic rings. The fraction of sp³-hybridized carbons (Fsp3) is 0.483. The third kappa shape index (κ3) is 5.07. The molecule has 9 heteroatoms. The Labute approximate surface area is 223 Å². The second-order valence-electron chi connectivity index (χ2n) is 10.5. The van der Waals surface area contributed by atoms with E-state index in [2.05, 4.69) is 10.2 Å². The minimum Gasteiger partial charge on any atom is -0.507 e. The summed E-state index contributed by atoms with van der Waals surface area (Å²) in [5, 5.41) is 23.1. The van der Waals surface area contributed by atoms with Gasteiger partial charge in [-0.2, -0.15) is 0 Å². The van der Waals surface area contributed by atoms with E-state index in [9.17, 15) is 24.6 Å². The Morgan fingerprint density at radius 1 is 1.03 bits per heavy atom. The molecule has 2 amide bonds. The third-order valence-corrected chi connectivity index (χ3v) is 8.02. The molecule has 0 aromatic heterocycles. The first-order valence-corrected chi connectivity index (χ1v) is 13.0. The van der Waals surface area contributed by atoms with Crippen molar-refractivity contribution >= 4 is 23.3 Å². The molecular weight excluding hydrogens is 486 g/mol. The zero-order valence-electron chi connectivity index (χ0n) is 22.8. The van der Waals surface area contributed by atoms with Crippen LogP contribution in [0.2, 0.25) is 0 Å². The molecule has 4 rings (SSSR count). The first kappa shape index (κ1) is 27.4. The number of anilines is 1. The molecule has 9 nitrogen and oxygen atoms in total. The van der Waals surface area contributed by atoms with E-state index >= 15 is 0 Å². The number of aliphatic hydroxyl groups excluding tert-OH is 1. The molecule has 0 spiro atoms. The van der Waals surface area contributed by atoms with Gasteiger partial charge < -0.3 is 30.1 Å². The van der Waals surface area contributed by atoms with Crippen LogP contribution in [0.15, 0.2) is 24.3 Å². The highest BCUT2D eigenvalue weighted by Crippen LogP contribution is 2.43. The number of benzene rings is 2. The summed E-state index contributed by atoms with van der Waals surface area (Å²) >= 11 is 0. The van der Waals surface area contributed by atoms with E-state index in [1.165, 1.54) is 6.92 Å². The number of aromatic hydroxyl groups is 1. The lowest BCUT2D eigenvalue weighted by atomic mass is 9.86. The number of phenolic OH excluding ortho intramolecular Hbond substituents is 1. The minimum atomic E-state index is -1.22. The van der Waals surface area contributed by atoms with Crippen molar-refractivity contribution in [1.29, 1.82) is 0 Å². The molecule has 0 saturated carbocycles. The molecule has 2 aromatic carbocycles. The molecule has 3 N–H and O–H groups in total. The van der Waals surface area contributed by atoms with Gasteiger partial charge in [0, 0.05) is 49.4 Å². The predicted octanol–water partition coefficient (Wildman–Crippen LogP) is 2.43. The van der Waals surface area contributed by atoms with Gasteiger partial charge in [-0.15, -0.1) is 0 Å². The van der Waals surface area contributed by atoms with Gasteiger partial charge in [-0.05, 0) is 82.0 Å². The van der Waals surface area contributed by atoms with E-state index in [0.29, 0.717) is 55.9 Å². The Balaban J connectivity index is 1.39. The van der Waals surface area contributed by atoms with E-state index in [4.69, 9.17) is 4.74 Å². The second-order valence-corrected chi connectivity index (χ2v) is 10.5. The number of Topliss-reactive ketones (excluding diaryl/α,β-unsaturated/α-hetero) is 1. The number of fused-ring (bicyclic) bond motifs is 1. The number of ether oxygens (including phenoxy) is 1. The zero-order chi connectivity index (χ0) is 27.8. The van der Waals surface area contributed by atoms with Crippen molar-refractivity contribution in [1.82, 2.24) is 10.2 Å². The van der Waals surface area contributed by atoms with Crippen LogP contribution in [0.3, 0.4) is 0 Å². The maximum absolute atomic E-state index is 13.3. The molecular formula is C29H37N3O6. The summed E-state index contributed by atoms with van der Waals surface area (Å²) < 4.78 is 6.23. The van der Waals surface area contributed by atoms with E-state index in [-0.39, 0.29) is 17.4 Å². The molecule has 2 heterocycles. The van der Waals surface area contributed by atoms with Crippen LogP contribution in [0.5, 0.6) is 11.5 Å². The molecule has 2 unspecified atom stereocenters. The molecule has 2 atom stereocenters. The smallest absolute Gasteiger partial charge is 0.264 e. The Morgan fingerprint density at radius 3 is 2.24 bits per heavy atom. The predicted molar refractivity (Wildman–Crippen MR) is 144 cm³/mol. The minimum absolute atomic E-state index is 0.0143. The quantitative estimate of drug-likeness (QED) is 0.498. The first-order chi connectivity index (χ1) is 18.0. The van der Waals surface area contributed by atoms with Crippen molar-refractivity contribution in [2.24, 2.45) is 0 Å². The summed E-state index contributed by atoms with van der Waals surface area (Å²) in [7, 11) is 0. The van der Waals surface area contributed by atoms with Crippen LogP contribution in [0, 0.1) is 20.8 Å². The second kappa shape index (κ2) is 10.6. The monoisotopic (exact) mass is 523 g/mol. The first-order valence-electron chi connectivity index (χ1n) is 13.0. The maximum atomic E-state index is 13.3. The number of carbonyl (C=O) groups is 3. The van der Waals surface area contributed by atoms with Gasteiger partial charge in [0.1, 0.15) is 17.5 Å². The average Bonchev–Trinajstić information content (AvgIpc) is 2.93. The summed E-state index contributed by atoms with van der Waals surface area (Å²) in [4.78, 5) is 41.9. The topological polar surface area (TPSA) is 119 Å². The van der Waals surface area contributed by atoms with Gasteiger partial charge in [0.05, 0.1) is 6.61 Å². The highest BCUT2D eigenvalue weighted by molar-refractivity contribution is 5.94. The van der Waals surface area contributed by atoms with Crippen molar-refractivity contribution in [3.63, 3.8) is 0 Å². The molecule has 1 saturated heterocycles. The number of carbonyl (C=O) groups excluding carboxylic acids is 3. The number of piperazine rings is 1. The SMILES string of the molecule is CC(=O)c1ccc(N2CCN(C(=O)C(CO)NC(=O)C3(C)CCc4c(C)c(O)c(C)c(C)c4O3)CC2)cc1. The van der Waals surface area contributed by atoms with Gasteiger partial charge in [0.15, 0.2) is 11.4 Å². The normalized spacial score (nSPS) is 19.8. The van der Waals surface area contributed by atoms with Crippen LogP contribution >= 0.6 is 0 Å². The Bertz CT molecular complexity index is 1250. The van der Waals surface area contributed by atoms with Crippen LogP contribution in [0.4, 0.5) is 5.69 Å². The lowest BCUT2D eigenvalue weighted by molar-refractivity contribution is -0.144. The summed E-state index contributed by atoms with van der Waals surface area (Å²) in [6, 6.07) is 6.33. The number of amides is 2. The Morgan fingerprint density at radius 2 is 1.66 bits per heavy atom. The van der Waals surface area contributed by atoms with Gasteiger partial charge in [-0.1, -0.05) is 0 Å².